The van der Waals surface area contributed by atoms with E-state index in [1.54, 1.807) is 31.3 Å². The van der Waals surface area contributed by atoms with Crippen LogP contribution in [-0.2, 0) is 4.79 Å². The van der Waals surface area contributed by atoms with Crippen LogP contribution in [0, 0.1) is 0 Å². The first kappa shape index (κ1) is 17.2. The highest BCUT2D eigenvalue weighted by atomic mass is 16.2. The molecule has 1 aromatic rings. The number of hydrogen-bond acceptors (Lipinski definition) is 5. The number of unbranched alkanes of at least 4 members (excludes halogenated alkanes) is 1. The van der Waals surface area contributed by atoms with Crippen molar-refractivity contribution in [3.05, 3.63) is 18.0 Å². The van der Waals surface area contributed by atoms with Crippen LogP contribution in [0.2, 0.25) is 0 Å². The number of amides is 2. The van der Waals surface area contributed by atoms with Crippen LogP contribution in [0.1, 0.15) is 37.0 Å². The smallest absolute Gasteiger partial charge is 0.256 e. The molecule has 1 aliphatic heterocycles. The van der Waals surface area contributed by atoms with Gasteiger partial charge in [-0.05, 0) is 6.42 Å². The van der Waals surface area contributed by atoms with E-state index in [-0.39, 0.29) is 11.8 Å². The Balaban J connectivity index is 1.94. The third-order valence-electron chi connectivity index (χ3n) is 4.09. The number of rotatable bonds is 5. The Kier molecular flexibility index (Phi) is 5.90. The molecule has 2 rings (SSSR count). The van der Waals surface area contributed by atoms with Crippen molar-refractivity contribution in [3.8, 4) is 0 Å². The van der Waals surface area contributed by atoms with Crippen molar-refractivity contribution in [1.29, 1.82) is 0 Å². The summed E-state index contributed by atoms with van der Waals surface area (Å²) in [6, 6.07) is 0. The second-order valence-corrected chi connectivity index (χ2v) is 5.85. The summed E-state index contributed by atoms with van der Waals surface area (Å²) in [7, 11) is 1.80. The van der Waals surface area contributed by atoms with Gasteiger partial charge in [0.15, 0.2) is 0 Å². The minimum Gasteiger partial charge on any atom is -0.342 e. The van der Waals surface area contributed by atoms with Crippen LogP contribution in [0.25, 0.3) is 0 Å². The Morgan fingerprint density at radius 3 is 2.30 bits per heavy atom. The first-order valence-corrected chi connectivity index (χ1v) is 8.11. The molecule has 0 aromatic carbocycles. The van der Waals surface area contributed by atoms with Gasteiger partial charge in [0.2, 0.25) is 11.9 Å². The molecular formula is C16H25N5O2. The van der Waals surface area contributed by atoms with E-state index in [1.807, 2.05) is 9.80 Å². The summed E-state index contributed by atoms with van der Waals surface area (Å²) in [4.78, 5) is 37.8. The largest absolute Gasteiger partial charge is 0.342 e. The summed E-state index contributed by atoms with van der Waals surface area (Å²) >= 11 is 0. The molecule has 0 radical (unpaired) electrons. The van der Waals surface area contributed by atoms with Crippen molar-refractivity contribution in [2.24, 2.45) is 0 Å². The Hall–Kier alpha value is -2.18. The number of aromatic nitrogens is 2. The third kappa shape index (κ3) is 4.40. The van der Waals surface area contributed by atoms with Gasteiger partial charge in [-0.3, -0.25) is 9.59 Å². The van der Waals surface area contributed by atoms with E-state index in [0.29, 0.717) is 37.7 Å². The lowest BCUT2D eigenvalue weighted by Crippen LogP contribution is -2.48. The van der Waals surface area contributed by atoms with Crippen molar-refractivity contribution in [2.45, 2.75) is 26.7 Å². The zero-order valence-corrected chi connectivity index (χ0v) is 14.2. The lowest BCUT2D eigenvalue weighted by Gasteiger charge is -2.34. The molecule has 1 aromatic heterocycles. The van der Waals surface area contributed by atoms with Crippen LogP contribution in [0.15, 0.2) is 12.4 Å². The van der Waals surface area contributed by atoms with Gasteiger partial charge in [-0.25, -0.2) is 9.97 Å². The number of carbonyl (C=O) groups is 2. The van der Waals surface area contributed by atoms with E-state index < -0.39 is 0 Å². The summed E-state index contributed by atoms with van der Waals surface area (Å²) in [5, 5.41) is 0. The van der Waals surface area contributed by atoms with E-state index in [2.05, 4.69) is 16.9 Å². The van der Waals surface area contributed by atoms with Crippen LogP contribution in [0.3, 0.4) is 0 Å². The van der Waals surface area contributed by atoms with Gasteiger partial charge < -0.3 is 14.7 Å². The first-order chi connectivity index (χ1) is 11.0. The van der Waals surface area contributed by atoms with Gasteiger partial charge in [0.25, 0.3) is 5.91 Å². The average Bonchev–Trinajstić information content (AvgIpc) is 2.59. The number of hydrogen-bond donors (Lipinski definition) is 0. The number of piperazine rings is 1. The lowest BCUT2D eigenvalue weighted by atomic mass is 10.2. The molecule has 1 saturated heterocycles. The predicted octanol–water partition coefficient (Wildman–Crippen LogP) is 1.02. The molecule has 126 valence electrons. The molecule has 1 fully saturated rings. The summed E-state index contributed by atoms with van der Waals surface area (Å²) in [5.74, 6) is 0.661. The summed E-state index contributed by atoms with van der Waals surface area (Å²) in [5.41, 5.74) is 0.509. The Bertz CT molecular complexity index is 538. The monoisotopic (exact) mass is 319 g/mol. The minimum atomic E-state index is -0.0496. The molecule has 7 heteroatoms. The van der Waals surface area contributed by atoms with Gasteiger partial charge in [-0.15, -0.1) is 0 Å². The van der Waals surface area contributed by atoms with E-state index in [9.17, 15) is 9.59 Å². The molecule has 7 nitrogen and oxygen atoms in total. The van der Waals surface area contributed by atoms with Crippen molar-refractivity contribution >= 4 is 17.8 Å². The SMILES string of the molecule is CCCCN(C)C(=O)c1cnc(N2CCN(C(C)=O)CC2)nc1. The molecule has 0 atom stereocenters. The summed E-state index contributed by atoms with van der Waals surface area (Å²) in [6.45, 7) is 7.21. The molecule has 0 saturated carbocycles. The molecule has 0 unspecified atom stereocenters. The molecule has 0 spiro atoms. The van der Waals surface area contributed by atoms with E-state index in [1.165, 1.54) is 0 Å². The topological polar surface area (TPSA) is 69.6 Å². The second-order valence-electron chi connectivity index (χ2n) is 5.85. The standard InChI is InChI=1S/C16H25N5O2/c1-4-5-6-19(3)15(23)14-11-17-16(18-12-14)21-9-7-20(8-10-21)13(2)22/h11-12H,4-10H2,1-3H3. The Labute approximate surface area is 137 Å². The zero-order chi connectivity index (χ0) is 16.8. The van der Waals surface area contributed by atoms with Gasteiger partial charge in [0, 0.05) is 59.1 Å². The summed E-state index contributed by atoms with van der Waals surface area (Å²) in [6.07, 6.45) is 5.22. The Morgan fingerprint density at radius 1 is 1.17 bits per heavy atom. The highest BCUT2D eigenvalue weighted by Gasteiger charge is 2.21. The van der Waals surface area contributed by atoms with E-state index >= 15 is 0 Å². The molecule has 23 heavy (non-hydrogen) atoms. The average molecular weight is 319 g/mol. The summed E-state index contributed by atoms with van der Waals surface area (Å²) < 4.78 is 0. The molecule has 2 amide bonds. The molecule has 0 aliphatic carbocycles. The van der Waals surface area contributed by atoms with E-state index in [4.69, 9.17) is 0 Å². The van der Waals surface area contributed by atoms with Crippen LogP contribution < -0.4 is 4.90 Å². The molecule has 0 N–H and O–H groups in total. The van der Waals surface area contributed by atoms with Crippen molar-refractivity contribution in [3.63, 3.8) is 0 Å². The fraction of sp³-hybridized carbons (Fsp3) is 0.625. The fourth-order valence-electron chi connectivity index (χ4n) is 2.53. The normalized spacial score (nSPS) is 14.7. The maximum atomic E-state index is 12.2. The van der Waals surface area contributed by atoms with E-state index in [0.717, 1.165) is 19.4 Å². The number of nitrogens with zero attached hydrogens (tertiary/aromatic N) is 5. The van der Waals surface area contributed by atoms with Crippen LogP contribution >= 0.6 is 0 Å². The Morgan fingerprint density at radius 2 is 1.78 bits per heavy atom. The first-order valence-electron chi connectivity index (χ1n) is 8.11. The number of carbonyl (C=O) groups excluding carboxylic acids is 2. The fourth-order valence-corrected chi connectivity index (χ4v) is 2.53. The van der Waals surface area contributed by atoms with Gasteiger partial charge in [-0.2, -0.15) is 0 Å². The van der Waals surface area contributed by atoms with Crippen LogP contribution in [-0.4, -0.2) is 71.4 Å². The molecule has 1 aliphatic rings. The van der Waals surface area contributed by atoms with Crippen LogP contribution in [0.4, 0.5) is 5.95 Å². The lowest BCUT2D eigenvalue weighted by molar-refractivity contribution is -0.129. The van der Waals surface area contributed by atoms with Gasteiger partial charge >= 0.3 is 0 Å². The quantitative estimate of drug-likeness (QED) is 0.810. The van der Waals surface area contributed by atoms with Crippen LogP contribution in [0.5, 0.6) is 0 Å². The minimum absolute atomic E-state index is 0.0496. The number of anilines is 1. The van der Waals surface area contributed by atoms with Gasteiger partial charge in [0.1, 0.15) is 0 Å². The maximum absolute atomic E-state index is 12.2. The zero-order valence-electron chi connectivity index (χ0n) is 14.2. The molecule has 2 heterocycles. The molecular weight excluding hydrogens is 294 g/mol. The predicted molar refractivity (Wildman–Crippen MR) is 88.4 cm³/mol. The highest BCUT2D eigenvalue weighted by molar-refractivity contribution is 5.93. The van der Waals surface area contributed by atoms with Gasteiger partial charge in [0.05, 0.1) is 5.56 Å². The second kappa shape index (κ2) is 7.89. The van der Waals surface area contributed by atoms with Crippen molar-refractivity contribution in [2.75, 3.05) is 44.7 Å². The third-order valence-corrected chi connectivity index (χ3v) is 4.09. The molecule has 0 bridgehead atoms. The maximum Gasteiger partial charge on any atom is 0.256 e. The highest BCUT2D eigenvalue weighted by Crippen LogP contribution is 2.12. The van der Waals surface area contributed by atoms with Crippen molar-refractivity contribution in [1.82, 2.24) is 19.8 Å². The van der Waals surface area contributed by atoms with Gasteiger partial charge in [-0.1, -0.05) is 13.3 Å². The van der Waals surface area contributed by atoms with Crippen molar-refractivity contribution < 1.29 is 9.59 Å².